The molecule has 23 heavy (non-hydrogen) atoms. The second-order valence-electron chi connectivity index (χ2n) is 3.84. The van der Waals surface area contributed by atoms with Gasteiger partial charge in [-0.1, -0.05) is 0 Å². The third-order valence-electron chi connectivity index (χ3n) is 2.15. The molecule has 0 heterocycles. The number of benzene rings is 1. The number of ketones is 1. The van der Waals surface area contributed by atoms with E-state index in [0.717, 1.165) is 0 Å². The Balaban J connectivity index is 0. The first kappa shape index (κ1) is 21.0. The first-order chi connectivity index (χ1) is 10.1. The molecule has 0 unspecified atom stereocenters. The Morgan fingerprint density at radius 2 is 1.91 bits per heavy atom. The molecule has 1 aromatic rings. The van der Waals surface area contributed by atoms with Gasteiger partial charge in [-0.15, -0.1) is 13.2 Å². The van der Waals surface area contributed by atoms with E-state index in [9.17, 15) is 32.3 Å². The van der Waals surface area contributed by atoms with Crippen LogP contribution in [0.15, 0.2) is 24.3 Å². The summed E-state index contributed by atoms with van der Waals surface area (Å²) in [7, 11) is 0. The van der Waals surface area contributed by atoms with Gasteiger partial charge in [0.25, 0.3) is 5.78 Å². The number of ether oxygens (including phenoxy) is 2. The van der Waals surface area contributed by atoms with Gasteiger partial charge in [0.1, 0.15) is 17.3 Å². The zero-order valence-electron chi connectivity index (χ0n) is 13.1. The second-order valence-corrected chi connectivity index (χ2v) is 3.84. The number of aliphatic hydroxyl groups excluding tert-OH is 1. The summed E-state index contributed by atoms with van der Waals surface area (Å²) in [4.78, 5) is 22.4. The van der Waals surface area contributed by atoms with Crippen LogP contribution in [-0.2, 0) is 14.3 Å². The van der Waals surface area contributed by atoms with Gasteiger partial charge in [-0.25, -0.2) is 9.18 Å². The van der Waals surface area contributed by atoms with E-state index in [1.807, 2.05) is 0 Å². The average molecular weight is 330 g/mol. The molecule has 0 radical (unpaired) electrons. The number of hydrogen-bond donors (Lipinski definition) is 1. The van der Waals surface area contributed by atoms with Crippen LogP contribution in [0.3, 0.4) is 0 Å². The molecular weight excluding hydrogens is 319 g/mol. The van der Waals surface area contributed by atoms with Crippen molar-refractivity contribution in [2.45, 2.75) is 13.3 Å². The molecule has 0 saturated carbocycles. The standard InChI is InChI=1S/C13H10F4O5.Li.H/c1-2-21-12(20)11(19)6-10(18)7-3-8(14)5-9(4-7)22-13(15,16)17;;/h3-6,18H,2H2,1H3;;/q;+1;-1. The van der Waals surface area contributed by atoms with Crippen LogP contribution in [0.1, 0.15) is 13.9 Å². The maximum Gasteiger partial charge on any atom is 1.00 e. The molecule has 0 fully saturated rings. The fraction of sp³-hybridized carbons (Fsp3) is 0.231. The molecule has 0 saturated heterocycles. The molecule has 10 heteroatoms. The predicted octanol–water partition coefficient (Wildman–Crippen LogP) is -0.128. The van der Waals surface area contributed by atoms with Crippen LogP contribution < -0.4 is 23.6 Å². The van der Waals surface area contributed by atoms with Crippen LogP contribution in [0.2, 0.25) is 0 Å². The summed E-state index contributed by atoms with van der Waals surface area (Å²) in [5.41, 5.74) is -0.475. The Hall–Kier alpha value is -1.98. The normalized spacial score (nSPS) is 11.4. The Morgan fingerprint density at radius 1 is 1.30 bits per heavy atom. The molecule has 1 rings (SSSR count). The number of carbonyl (C=O) groups excluding carboxylic acids is 2. The first-order valence-electron chi connectivity index (χ1n) is 5.81. The van der Waals surface area contributed by atoms with Gasteiger partial charge in [0.15, 0.2) is 0 Å². The molecule has 0 amide bonds. The molecule has 0 aliphatic carbocycles. The summed E-state index contributed by atoms with van der Waals surface area (Å²) in [5.74, 6) is -5.49. The van der Waals surface area contributed by atoms with Gasteiger partial charge in [-0.05, 0) is 19.1 Å². The summed E-state index contributed by atoms with van der Waals surface area (Å²) < 4.78 is 57.3. The minimum absolute atomic E-state index is 0. The van der Waals surface area contributed by atoms with E-state index >= 15 is 0 Å². The summed E-state index contributed by atoms with van der Waals surface area (Å²) in [6, 6.07) is 1.76. The summed E-state index contributed by atoms with van der Waals surface area (Å²) in [5, 5.41) is 9.58. The number of rotatable bonds is 5. The van der Waals surface area contributed by atoms with Gasteiger partial charge in [0.2, 0.25) is 0 Å². The SMILES string of the molecule is CCOC(=O)C(=O)C=C(O)c1cc(F)cc(OC(F)(F)F)c1.[H-].[Li+]. The monoisotopic (exact) mass is 330 g/mol. The van der Waals surface area contributed by atoms with Crippen LogP contribution in [0.25, 0.3) is 5.76 Å². The maximum atomic E-state index is 13.2. The number of alkyl halides is 3. The third kappa shape index (κ3) is 7.21. The molecule has 0 bridgehead atoms. The van der Waals surface area contributed by atoms with Gasteiger partial charge in [0, 0.05) is 17.7 Å². The van der Waals surface area contributed by atoms with E-state index < -0.39 is 41.0 Å². The van der Waals surface area contributed by atoms with Crippen molar-refractivity contribution in [1.29, 1.82) is 0 Å². The van der Waals surface area contributed by atoms with E-state index in [4.69, 9.17) is 0 Å². The molecule has 0 aliphatic rings. The van der Waals surface area contributed by atoms with Crippen molar-refractivity contribution in [2.24, 2.45) is 0 Å². The molecule has 122 valence electrons. The fourth-order valence-corrected chi connectivity index (χ4v) is 1.37. The van der Waals surface area contributed by atoms with Crippen LogP contribution in [0.5, 0.6) is 5.75 Å². The minimum atomic E-state index is -5.05. The minimum Gasteiger partial charge on any atom is -1.00 e. The quantitative estimate of drug-likeness (QED) is 0.203. The molecular formula is C13H11F4LiO5. The van der Waals surface area contributed by atoms with Crippen molar-refractivity contribution < 1.29 is 62.0 Å². The maximum absolute atomic E-state index is 13.2. The number of hydrogen-bond acceptors (Lipinski definition) is 5. The number of esters is 1. The van der Waals surface area contributed by atoms with Crippen molar-refractivity contribution in [3.05, 3.63) is 35.7 Å². The van der Waals surface area contributed by atoms with Gasteiger partial charge in [0.05, 0.1) is 6.61 Å². The van der Waals surface area contributed by atoms with E-state index in [0.29, 0.717) is 24.3 Å². The molecule has 1 aromatic carbocycles. The summed E-state index contributed by atoms with van der Waals surface area (Å²) in [6.07, 6.45) is -4.64. The Kier molecular flexibility index (Phi) is 7.86. The van der Waals surface area contributed by atoms with Crippen molar-refractivity contribution >= 4 is 17.5 Å². The van der Waals surface area contributed by atoms with E-state index in [1.54, 1.807) is 0 Å². The molecule has 0 atom stereocenters. The van der Waals surface area contributed by atoms with Crippen LogP contribution >= 0.6 is 0 Å². The number of aliphatic hydroxyl groups is 1. The Bertz CT molecular complexity index is 619. The zero-order chi connectivity index (χ0) is 16.9. The van der Waals surface area contributed by atoms with Crippen molar-refractivity contribution in [2.75, 3.05) is 6.61 Å². The van der Waals surface area contributed by atoms with Crippen molar-refractivity contribution in [3.63, 3.8) is 0 Å². The summed E-state index contributed by atoms with van der Waals surface area (Å²) in [6.45, 7) is 1.37. The van der Waals surface area contributed by atoms with Crippen LogP contribution in [0, 0.1) is 5.82 Å². The molecule has 0 aromatic heterocycles. The molecule has 1 N–H and O–H groups in total. The van der Waals surface area contributed by atoms with Crippen LogP contribution in [-0.4, -0.2) is 29.8 Å². The summed E-state index contributed by atoms with van der Waals surface area (Å²) >= 11 is 0. The molecule has 0 spiro atoms. The zero-order valence-corrected chi connectivity index (χ0v) is 12.1. The van der Waals surface area contributed by atoms with Gasteiger partial charge in [-0.2, -0.15) is 0 Å². The third-order valence-corrected chi connectivity index (χ3v) is 2.15. The molecule has 0 aliphatic heterocycles. The van der Waals surface area contributed by atoms with Crippen LogP contribution in [0.4, 0.5) is 17.6 Å². The van der Waals surface area contributed by atoms with Crippen molar-refractivity contribution in [1.82, 2.24) is 0 Å². The Labute approximate surface area is 141 Å². The van der Waals surface area contributed by atoms with Gasteiger partial charge in [-0.3, -0.25) is 4.79 Å². The largest absolute Gasteiger partial charge is 1.00 e. The van der Waals surface area contributed by atoms with Gasteiger partial charge >= 0.3 is 31.2 Å². The first-order valence-corrected chi connectivity index (χ1v) is 5.81. The average Bonchev–Trinajstić information content (AvgIpc) is 2.35. The second kappa shape index (κ2) is 8.60. The fourth-order valence-electron chi connectivity index (χ4n) is 1.37. The topological polar surface area (TPSA) is 72.8 Å². The van der Waals surface area contributed by atoms with Crippen molar-refractivity contribution in [3.8, 4) is 5.75 Å². The molecule has 5 nitrogen and oxygen atoms in total. The van der Waals surface area contributed by atoms with E-state index in [2.05, 4.69) is 9.47 Å². The number of halogens is 4. The van der Waals surface area contributed by atoms with Gasteiger partial charge < -0.3 is 16.0 Å². The van der Waals surface area contributed by atoms with E-state index in [1.165, 1.54) is 6.92 Å². The smallest absolute Gasteiger partial charge is 1.00 e. The predicted molar refractivity (Wildman–Crippen MR) is 66.4 cm³/mol. The Morgan fingerprint density at radius 3 is 2.43 bits per heavy atom. The number of carbonyl (C=O) groups is 2. The van der Waals surface area contributed by atoms with E-state index in [-0.39, 0.29) is 26.9 Å².